The zero-order valence-electron chi connectivity index (χ0n) is 13.2. The van der Waals surface area contributed by atoms with Crippen LogP contribution in [0.2, 0.25) is 0 Å². The van der Waals surface area contributed by atoms with Crippen LogP contribution < -0.4 is 0 Å². The Bertz CT molecular complexity index is 342. The first-order valence-electron chi connectivity index (χ1n) is 6.71. The normalized spacial score (nSPS) is 13.5. The van der Waals surface area contributed by atoms with E-state index in [2.05, 4.69) is 5.28 Å². The van der Waals surface area contributed by atoms with E-state index in [1.54, 1.807) is 20.8 Å². The number of ether oxygens (including phenoxy) is 2. The number of rotatable bonds is 8. The third kappa shape index (κ3) is 10.7. The number of hydrogen-bond acceptors (Lipinski definition) is 7. The van der Waals surface area contributed by atoms with Crippen LogP contribution in [0.5, 0.6) is 0 Å². The van der Waals surface area contributed by atoms with Crippen LogP contribution in [-0.2, 0) is 14.3 Å². The summed E-state index contributed by atoms with van der Waals surface area (Å²) in [4.78, 5) is 16.3. The van der Waals surface area contributed by atoms with Gasteiger partial charge in [-0.2, -0.15) is 0 Å². The smallest absolute Gasteiger partial charge is 0.511 e. The topological polar surface area (TPSA) is 107 Å². The van der Waals surface area contributed by atoms with Gasteiger partial charge in [0.2, 0.25) is 5.28 Å². The highest BCUT2D eigenvalue weighted by Crippen LogP contribution is 2.09. The van der Waals surface area contributed by atoms with Crippen molar-refractivity contribution in [2.75, 3.05) is 20.2 Å². The molecule has 1 N–H and O–H groups in total. The van der Waals surface area contributed by atoms with E-state index in [1.807, 2.05) is 0 Å². The molecule has 9 nitrogen and oxygen atoms in total. The van der Waals surface area contributed by atoms with Crippen LogP contribution in [-0.4, -0.2) is 53.3 Å². The molecule has 0 rings (SSSR count). The molecule has 124 valence electrons. The molecule has 0 amide bonds. The molecule has 1 atom stereocenters. The molecule has 0 radical (unpaired) electrons. The van der Waals surface area contributed by atoms with E-state index in [-0.39, 0.29) is 11.6 Å². The van der Waals surface area contributed by atoms with Gasteiger partial charge in [-0.05, 0) is 33.6 Å². The molecule has 0 bridgehead atoms. The lowest BCUT2D eigenvalue weighted by molar-refractivity contribution is -0.707. The van der Waals surface area contributed by atoms with Gasteiger partial charge in [0, 0.05) is 13.5 Å². The number of carbonyl (C=O) groups excluding carboxylic acids is 1. The highest BCUT2D eigenvalue weighted by molar-refractivity contribution is 5.60. The molecule has 0 aromatic carbocycles. The largest absolute Gasteiger partial charge is 0.569 e. The number of hydrazine groups is 1. The molecule has 0 saturated carbocycles. The number of nitrogens with zero attached hydrogens (tertiary/aromatic N) is 3. The molecule has 21 heavy (non-hydrogen) atoms. The number of unbranched alkanes of at least 4 members (excludes halogenated alkanes) is 1. The molecule has 0 heterocycles. The van der Waals surface area contributed by atoms with Crippen LogP contribution in [0, 0.1) is 5.21 Å². The van der Waals surface area contributed by atoms with Crippen molar-refractivity contribution in [1.82, 2.24) is 5.01 Å². The van der Waals surface area contributed by atoms with Gasteiger partial charge in [-0.1, -0.05) is 0 Å². The summed E-state index contributed by atoms with van der Waals surface area (Å²) in [6, 6.07) is 0. The van der Waals surface area contributed by atoms with Gasteiger partial charge in [0.05, 0.1) is 18.6 Å². The molecule has 9 heteroatoms. The maximum Gasteiger partial charge on any atom is 0.511 e. The van der Waals surface area contributed by atoms with Gasteiger partial charge < -0.3 is 19.8 Å². The number of carbonyl (C=O) groups is 1. The second-order valence-corrected chi connectivity index (χ2v) is 5.40. The third-order valence-electron chi connectivity index (χ3n) is 2.10. The Labute approximate surface area is 124 Å². The van der Waals surface area contributed by atoms with Gasteiger partial charge in [0.1, 0.15) is 5.60 Å². The highest BCUT2D eigenvalue weighted by atomic mass is 16.8. The van der Waals surface area contributed by atoms with E-state index < -0.39 is 18.0 Å². The van der Waals surface area contributed by atoms with Crippen LogP contribution >= 0.6 is 0 Å². The maximum absolute atomic E-state index is 11.5. The fraction of sp³-hybridized carbons (Fsp3) is 0.917. The van der Waals surface area contributed by atoms with Crippen molar-refractivity contribution in [3.05, 3.63) is 5.21 Å². The monoisotopic (exact) mass is 307 g/mol. The average molecular weight is 307 g/mol. The molecule has 0 aromatic rings. The lowest BCUT2D eigenvalue weighted by atomic mass is 10.2. The van der Waals surface area contributed by atoms with E-state index in [4.69, 9.17) is 19.4 Å². The van der Waals surface area contributed by atoms with Gasteiger partial charge >= 0.3 is 6.16 Å². The van der Waals surface area contributed by atoms with Crippen molar-refractivity contribution in [2.45, 2.75) is 52.4 Å². The predicted octanol–water partition coefficient (Wildman–Crippen LogP) is 1.80. The Kier molecular flexibility index (Phi) is 8.44. The standard InChI is InChI=1S/C12H25N3O6/c1-10(19-11(17)20-12(2,3)4)21-13-15(18)14(5)8-6-7-9-16/h10,16H,6-9H2,1-5H3. The number of aliphatic hydroxyl groups is 1. The van der Waals surface area contributed by atoms with Crippen LogP contribution in [0.15, 0.2) is 5.28 Å². The summed E-state index contributed by atoms with van der Waals surface area (Å²) in [5.41, 5.74) is -0.675. The molecular formula is C12H25N3O6. The fourth-order valence-electron chi connectivity index (χ4n) is 1.14. The zero-order chi connectivity index (χ0) is 16.5. The summed E-state index contributed by atoms with van der Waals surface area (Å²) in [5, 5.41) is 24.6. The summed E-state index contributed by atoms with van der Waals surface area (Å²) >= 11 is 0. The first-order chi connectivity index (χ1) is 9.65. The Balaban J connectivity index is 4.11. The van der Waals surface area contributed by atoms with Gasteiger partial charge in [0.15, 0.2) is 0 Å². The first kappa shape index (κ1) is 19.2. The highest BCUT2D eigenvalue weighted by Gasteiger charge is 2.20. The van der Waals surface area contributed by atoms with Gasteiger partial charge in [-0.15, -0.1) is 5.01 Å². The van der Waals surface area contributed by atoms with E-state index in [0.29, 0.717) is 19.4 Å². The van der Waals surface area contributed by atoms with E-state index in [0.717, 1.165) is 0 Å². The molecule has 0 aliphatic heterocycles. The minimum atomic E-state index is -1.05. The Morgan fingerprint density at radius 3 is 2.57 bits per heavy atom. The van der Waals surface area contributed by atoms with Crippen molar-refractivity contribution in [3.8, 4) is 0 Å². The predicted molar refractivity (Wildman–Crippen MR) is 72.9 cm³/mol. The Morgan fingerprint density at radius 2 is 2.05 bits per heavy atom. The summed E-state index contributed by atoms with van der Waals surface area (Å²) in [6.45, 7) is 6.99. The molecule has 1 unspecified atom stereocenters. The molecular weight excluding hydrogens is 282 g/mol. The van der Waals surface area contributed by atoms with Crippen molar-refractivity contribution in [1.29, 1.82) is 0 Å². The van der Waals surface area contributed by atoms with Crippen LogP contribution in [0.1, 0.15) is 40.5 Å². The first-order valence-corrected chi connectivity index (χ1v) is 6.71. The van der Waals surface area contributed by atoms with Gasteiger partial charge in [-0.25, -0.2) is 4.79 Å². The lowest BCUT2D eigenvalue weighted by Gasteiger charge is -2.20. The minimum absolute atomic E-state index is 0.0705. The Hall–Kier alpha value is -1.77. The molecule has 0 saturated heterocycles. The van der Waals surface area contributed by atoms with Crippen molar-refractivity contribution in [2.24, 2.45) is 5.28 Å². The van der Waals surface area contributed by atoms with E-state index >= 15 is 0 Å². The lowest BCUT2D eigenvalue weighted by Crippen LogP contribution is -2.29. The summed E-state index contributed by atoms with van der Waals surface area (Å²) in [6.07, 6.45) is -0.719. The minimum Gasteiger partial charge on any atom is -0.569 e. The average Bonchev–Trinajstić information content (AvgIpc) is 2.33. The van der Waals surface area contributed by atoms with Gasteiger partial charge in [0.25, 0.3) is 6.29 Å². The van der Waals surface area contributed by atoms with Crippen LogP contribution in [0.3, 0.4) is 0 Å². The molecule has 0 fully saturated rings. The Morgan fingerprint density at radius 1 is 1.43 bits per heavy atom. The molecule has 0 aliphatic carbocycles. The van der Waals surface area contributed by atoms with E-state index in [9.17, 15) is 10.0 Å². The van der Waals surface area contributed by atoms with Crippen molar-refractivity contribution >= 4 is 6.16 Å². The molecule has 0 aliphatic rings. The van der Waals surface area contributed by atoms with E-state index in [1.165, 1.54) is 19.0 Å². The summed E-state index contributed by atoms with van der Waals surface area (Å²) < 4.78 is 9.68. The summed E-state index contributed by atoms with van der Waals surface area (Å²) in [7, 11) is 1.52. The van der Waals surface area contributed by atoms with Crippen LogP contribution in [0.25, 0.3) is 0 Å². The maximum atomic E-state index is 11.5. The number of hydrogen-bond donors (Lipinski definition) is 1. The third-order valence-corrected chi connectivity index (χ3v) is 2.10. The zero-order valence-corrected chi connectivity index (χ0v) is 13.2. The van der Waals surface area contributed by atoms with Crippen molar-refractivity contribution in [3.63, 3.8) is 0 Å². The van der Waals surface area contributed by atoms with Crippen molar-refractivity contribution < 1.29 is 29.2 Å². The molecule has 0 aromatic heterocycles. The quantitative estimate of drug-likeness (QED) is 0.182. The fourth-order valence-corrected chi connectivity index (χ4v) is 1.14. The van der Waals surface area contributed by atoms with Gasteiger partial charge in [-0.3, -0.25) is 4.84 Å². The second-order valence-electron chi connectivity index (χ2n) is 5.40. The second kappa shape index (κ2) is 9.22. The molecule has 0 spiro atoms. The SMILES string of the molecule is CC(ON=[N+]([O-])N(C)CCCCO)OC(=O)OC(C)(C)C. The summed E-state index contributed by atoms with van der Waals surface area (Å²) in [5.74, 6) is 0. The number of aliphatic hydroxyl groups excluding tert-OH is 1. The van der Waals surface area contributed by atoms with Crippen LogP contribution in [0.4, 0.5) is 4.79 Å².